The molecule has 2 fully saturated rings. The number of aliphatic hydroxyl groups excluding tert-OH is 1. The first kappa shape index (κ1) is 22.9. The third kappa shape index (κ3) is 4.30. The van der Waals surface area contributed by atoms with Crippen LogP contribution in [0.25, 0.3) is 11.1 Å². The van der Waals surface area contributed by atoms with Gasteiger partial charge in [0.1, 0.15) is 12.1 Å². The van der Waals surface area contributed by atoms with Crippen LogP contribution in [0.5, 0.6) is 0 Å². The molecule has 2 N–H and O–H groups in total. The average molecular weight is 482 g/mol. The number of rotatable bonds is 3. The predicted octanol–water partition coefficient (Wildman–Crippen LogP) is 3.55. The second-order valence-electron chi connectivity index (χ2n) is 9.40. The minimum Gasteiger partial charge on any atom is -0.383 e. The highest BCUT2D eigenvalue weighted by Gasteiger charge is 2.42. The zero-order valence-corrected chi connectivity index (χ0v) is 19.6. The van der Waals surface area contributed by atoms with Gasteiger partial charge in [-0.1, -0.05) is 49.1 Å². The lowest BCUT2D eigenvalue weighted by Gasteiger charge is -2.40. The van der Waals surface area contributed by atoms with E-state index in [1.807, 2.05) is 18.2 Å². The smallest absolute Gasteiger partial charge is 0.256 e. The molecule has 3 aliphatic rings. The molecule has 1 aliphatic carbocycles. The molecule has 2 heterocycles. The van der Waals surface area contributed by atoms with Crippen LogP contribution in [0.3, 0.4) is 0 Å². The van der Waals surface area contributed by atoms with Crippen molar-refractivity contribution in [1.29, 1.82) is 0 Å². The maximum atomic E-state index is 13.5. The highest BCUT2D eigenvalue weighted by atomic mass is 35.5. The molecule has 0 radical (unpaired) electrons. The number of halogens is 1. The maximum Gasteiger partial charge on any atom is 0.256 e. The Kier molecular flexibility index (Phi) is 6.32. The molecule has 0 aromatic heterocycles. The molecule has 3 amide bonds. The lowest BCUT2D eigenvalue weighted by atomic mass is 9.84. The zero-order chi connectivity index (χ0) is 23.8. The van der Waals surface area contributed by atoms with E-state index in [4.69, 9.17) is 11.6 Å². The van der Waals surface area contributed by atoms with Crippen LogP contribution in [0.2, 0.25) is 5.02 Å². The third-order valence-corrected chi connectivity index (χ3v) is 7.54. The monoisotopic (exact) mass is 481 g/mol. The highest BCUT2D eigenvalue weighted by molar-refractivity contribution is 6.30. The molecule has 0 spiro atoms. The summed E-state index contributed by atoms with van der Waals surface area (Å²) in [4.78, 5) is 42.7. The number of nitrogens with one attached hydrogen (secondary N) is 1. The summed E-state index contributed by atoms with van der Waals surface area (Å²) < 4.78 is 0. The number of amides is 3. The first-order valence-corrected chi connectivity index (χ1v) is 12.3. The van der Waals surface area contributed by atoms with Gasteiger partial charge in [-0.2, -0.15) is 0 Å². The van der Waals surface area contributed by atoms with Gasteiger partial charge in [-0.3, -0.25) is 14.4 Å². The number of piperazine rings is 1. The number of aliphatic hydroxyl groups is 1. The highest BCUT2D eigenvalue weighted by Crippen LogP contribution is 2.32. The van der Waals surface area contributed by atoms with Gasteiger partial charge in [0.15, 0.2) is 0 Å². The number of anilines is 1. The van der Waals surface area contributed by atoms with Crippen molar-refractivity contribution in [2.24, 2.45) is 5.92 Å². The number of benzene rings is 2. The molecule has 178 valence electrons. The van der Waals surface area contributed by atoms with E-state index >= 15 is 0 Å². The van der Waals surface area contributed by atoms with Gasteiger partial charge in [0, 0.05) is 18.1 Å². The fraction of sp³-hybridized carbons (Fsp3) is 0.423. The van der Waals surface area contributed by atoms with Gasteiger partial charge in [0.05, 0.1) is 17.8 Å². The van der Waals surface area contributed by atoms with E-state index in [2.05, 4.69) is 5.32 Å². The van der Waals surface area contributed by atoms with Crippen molar-refractivity contribution in [2.75, 3.05) is 25.0 Å². The number of hydrogen-bond donors (Lipinski definition) is 2. The molecular weight excluding hydrogens is 454 g/mol. The Bertz CT molecular complexity index is 1110. The largest absolute Gasteiger partial charge is 0.383 e. The molecule has 2 aromatic rings. The summed E-state index contributed by atoms with van der Waals surface area (Å²) in [5.41, 5.74) is 2.65. The van der Waals surface area contributed by atoms with E-state index in [0.717, 1.165) is 43.2 Å². The topological polar surface area (TPSA) is 90.0 Å². The van der Waals surface area contributed by atoms with Gasteiger partial charge in [0.2, 0.25) is 5.91 Å². The lowest BCUT2D eigenvalue weighted by Crippen LogP contribution is -2.61. The second kappa shape index (κ2) is 9.39. The fourth-order valence-corrected chi connectivity index (χ4v) is 5.44. The van der Waals surface area contributed by atoms with Gasteiger partial charge < -0.3 is 20.2 Å². The summed E-state index contributed by atoms with van der Waals surface area (Å²) in [5, 5.41) is 14.2. The van der Waals surface area contributed by atoms with Gasteiger partial charge in [0.25, 0.3) is 11.8 Å². The van der Waals surface area contributed by atoms with Crippen LogP contribution >= 0.6 is 11.6 Å². The van der Waals surface area contributed by atoms with Crippen molar-refractivity contribution in [3.8, 4) is 11.1 Å². The van der Waals surface area contributed by atoms with E-state index < -0.39 is 12.1 Å². The van der Waals surface area contributed by atoms with E-state index in [9.17, 15) is 19.5 Å². The summed E-state index contributed by atoms with van der Waals surface area (Å²) in [5.74, 6) is -0.928. The predicted molar refractivity (Wildman–Crippen MR) is 130 cm³/mol. The van der Waals surface area contributed by atoms with Crippen LogP contribution in [-0.4, -0.2) is 64.4 Å². The molecular formula is C26H28ClN3O4. The number of fused-ring (bicyclic) bond motifs is 2. The van der Waals surface area contributed by atoms with Gasteiger partial charge in [-0.25, -0.2) is 0 Å². The third-order valence-electron chi connectivity index (χ3n) is 7.29. The Balaban J connectivity index is 1.36. The van der Waals surface area contributed by atoms with Gasteiger partial charge in [-0.05, 0) is 54.2 Å². The molecule has 5 rings (SSSR count). The standard InChI is InChI=1S/C26H28ClN3O4/c27-19-9-6-16(7-10-19)18-8-11-21-20(14-18)25(33)30-13-12-29(15-22(30)24(32)28-21)26(34)23(31)17-4-2-1-3-5-17/h6-11,14,17,22-23,31H,1-5,12-13,15H2,(H,28,32)/t22?,23-/m0/s1. The van der Waals surface area contributed by atoms with Crippen LogP contribution in [0, 0.1) is 5.92 Å². The van der Waals surface area contributed by atoms with Gasteiger partial charge in [-0.15, -0.1) is 0 Å². The fourth-order valence-electron chi connectivity index (χ4n) is 5.31. The molecule has 2 aliphatic heterocycles. The molecule has 0 bridgehead atoms. The first-order chi connectivity index (χ1) is 16.4. The van der Waals surface area contributed by atoms with Crippen molar-refractivity contribution < 1.29 is 19.5 Å². The average Bonchev–Trinajstić information content (AvgIpc) is 2.98. The van der Waals surface area contributed by atoms with Crippen molar-refractivity contribution in [3.05, 3.63) is 53.1 Å². The van der Waals surface area contributed by atoms with Crippen molar-refractivity contribution >= 4 is 35.0 Å². The van der Waals surface area contributed by atoms with Crippen LogP contribution < -0.4 is 5.32 Å². The second-order valence-corrected chi connectivity index (χ2v) is 9.83. The molecule has 2 aromatic carbocycles. The minimum absolute atomic E-state index is 0.0283. The molecule has 1 unspecified atom stereocenters. The Labute approximate surface area is 203 Å². The van der Waals surface area contributed by atoms with E-state index in [-0.39, 0.29) is 36.7 Å². The van der Waals surface area contributed by atoms with Crippen LogP contribution in [0.1, 0.15) is 42.5 Å². The molecule has 8 heteroatoms. The van der Waals surface area contributed by atoms with Crippen molar-refractivity contribution in [3.63, 3.8) is 0 Å². The molecule has 7 nitrogen and oxygen atoms in total. The quantitative estimate of drug-likeness (QED) is 0.701. The number of carbonyl (C=O) groups is 3. The Morgan fingerprint density at radius 1 is 1.00 bits per heavy atom. The van der Waals surface area contributed by atoms with Crippen LogP contribution in [0.15, 0.2) is 42.5 Å². The van der Waals surface area contributed by atoms with Crippen molar-refractivity contribution in [1.82, 2.24) is 9.80 Å². The normalized spacial score (nSPS) is 21.9. The van der Waals surface area contributed by atoms with E-state index in [1.165, 1.54) is 0 Å². The minimum atomic E-state index is -1.05. The number of carbonyl (C=O) groups excluding carboxylic acids is 3. The summed E-state index contributed by atoms with van der Waals surface area (Å²) in [6.07, 6.45) is 3.84. The SMILES string of the molecule is O=C1Nc2ccc(-c3ccc(Cl)cc3)cc2C(=O)N2CCN(C(=O)[C@@H](O)C3CCCCC3)CC12. The first-order valence-electron chi connectivity index (χ1n) is 11.9. The number of hydrogen-bond acceptors (Lipinski definition) is 4. The molecule has 1 saturated heterocycles. The van der Waals surface area contributed by atoms with Gasteiger partial charge >= 0.3 is 0 Å². The number of nitrogens with zero attached hydrogens (tertiary/aromatic N) is 2. The summed E-state index contributed by atoms with van der Waals surface area (Å²) in [6.45, 7) is 0.618. The zero-order valence-electron chi connectivity index (χ0n) is 18.9. The van der Waals surface area contributed by atoms with E-state index in [0.29, 0.717) is 22.8 Å². The van der Waals surface area contributed by atoms with Crippen LogP contribution in [0.4, 0.5) is 5.69 Å². The Morgan fingerprint density at radius 3 is 2.44 bits per heavy atom. The van der Waals surface area contributed by atoms with Crippen LogP contribution in [-0.2, 0) is 9.59 Å². The van der Waals surface area contributed by atoms with E-state index in [1.54, 1.807) is 34.1 Å². The Hall–Kier alpha value is -2.90. The van der Waals surface area contributed by atoms with Crippen molar-refractivity contribution in [2.45, 2.75) is 44.2 Å². The Morgan fingerprint density at radius 2 is 1.71 bits per heavy atom. The summed E-state index contributed by atoms with van der Waals surface area (Å²) in [7, 11) is 0. The lowest BCUT2D eigenvalue weighted by molar-refractivity contribution is -0.147. The molecule has 34 heavy (non-hydrogen) atoms. The summed E-state index contributed by atoms with van der Waals surface area (Å²) in [6, 6.07) is 11.9. The molecule has 1 saturated carbocycles. The maximum absolute atomic E-state index is 13.5. The molecule has 2 atom stereocenters. The summed E-state index contributed by atoms with van der Waals surface area (Å²) >= 11 is 6.00.